The van der Waals surface area contributed by atoms with Gasteiger partial charge in [0.2, 0.25) is 15.9 Å². The maximum Gasteiger partial charge on any atom is 0.243 e. The summed E-state index contributed by atoms with van der Waals surface area (Å²) in [7, 11) is 1.38. The molecule has 1 saturated heterocycles. The quantitative estimate of drug-likeness (QED) is 0.672. The molecule has 31 heavy (non-hydrogen) atoms. The maximum atomic E-state index is 13.2. The Morgan fingerprint density at radius 2 is 1.87 bits per heavy atom. The number of hydrogen-bond acceptors (Lipinski definition) is 6. The van der Waals surface area contributed by atoms with Crippen LogP contribution in [0, 0.1) is 5.82 Å². The van der Waals surface area contributed by atoms with Crippen molar-refractivity contribution in [1.29, 1.82) is 0 Å². The number of aromatic nitrogens is 2. The topological polar surface area (TPSA) is 86.7 Å². The molecule has 10 heteroatoms. The summed E-state index contributed by atoms with van der Waals surface area (Å²) >= 11 is 0. The van der Waals surface area contributed by atoms with Crippen molar-refractivity contribution < 1.29 is 17.6 Å². The van der Waals surface area contributed by atoms with Gasteiger partial charge in [-0.1, -0.05) is 0 Å². The highest BCUT2D eigenvalue weighted by atomic mass is 32.2. The van der Waals surface area contributed by atoms with Crippen LogP contribution in [-0.2, 0) is 21.4 Å². The highest BCUT2D eigenvalue weighted by Gasteiger charge is 2.27. The summed E-state index contributed by atoms with van der Waals surface area (Å²) in [5.41, 5.74) is 0.557. The lowest BCUT2D eigenvalue weighted by atomic mass is 9.97. The lowest BCUT2D eigenvalue weighted by Crippen LogP contribution is -2.38. The van der Waals surface area contributed by atoms with Crippen molar-refractivity contribution in [2.24, 2.45) is 0 Å². The molecule has 0 aliphatic carbocycles. The summed E-state index contributed by atoms with van der Waals surface area (Å²) in [6.45, 7) is 2.87. The first-order valence-corrected chi connectivity index (χ1v) is 11.5. The Morgan fingerprint density at radius 3 is 2.48 bits per heavy atom. The van der Waals surface area contributed by atoms with E-state index >= 15 is 0 Å². The number of carbonyl (C=O) groups is 1. The number of rotatable bonds is 6. The fourth-order valence-corrected chi connectivity index (χ4v) is 4.71. The summed E-state index contributed by atoms with van der Waals surface area (Å²) in [6, 6.07) is 6.49. The van der Waals surface area contributed by atoms with Crippen LogP contribution >= 0.6 is 0 Å². The zero-order chi connectivity index (χ0) is 22.8. The monoisotopic (exact) mass is 449 g/mol. The number of amides is 1. The van der Waals surface area contributed by atoms with Crippen LogP contribution in [0.3, 0.4) is 0 Å². The Labute approximate surface area is 182 Å². The number of anilines is 1. The fraction of sp³-hybridized carbons (Fsp3) is 0.476. The summed E-state index contributed by atoms with van der Waals surface area (Å²) in [5.74, 6) is 0.811. The van der Waals surface area contributed by atoms with E-state index in [9.17, 15) is 17.6 Å². The van der Waals surface area contributed by atoms with E-state index in [1.807, 2.05) is 19.0 Å². The van der Waals surface area contributed by atoms with E-state index in [1.165, 1.54) is 23.5 Å². The molecule has 1 amide bonds. The standard InChI is InChI=1S/C21H28FN5O3S/c1-15(28)27-11-5-6-16(13-27)21-23-18(12-20(24-21)25(2)3)14-26(4)31(29,30)19-9-7-17(22)8-10-19/h7-10,12,16H,5-6,11,13-14H2,1-4H3/t16-/m1/s1. The van der Waals surface area contributed by atoms with Crippen LogP contribution in [0.25, 0.3) is 0 Å². The van der Waals surface area contributed by atoms with Gasteiger partial charge in [-0.25, -0.2) is 22.8 Å². The molecule has 168 valence electrons. The normalized spacial score (nSPS) is 17.1. The third-order valence-electron chi connectivity index (χ3n) is 5.38. The third-order valence-corrected chi connectivity index (χ3v) is 7.20. The molecule has 1 atom stereocenters. The van der Waals surface area contributed by atoms with Crippen molar-refractivity contribution in [3.63, 3.8) is 0 Å². The van der Waals surface area contributed by atoms with Gasteiger partial charge in [0.15, 0.2) is 0 Å². The van der Waals surface area contributed by atoms with Crippen LogP contribution in [0.2, 0.25) is 0 Å². The molecule has 0 spiro atoms. The zero-order valence-electron chi connectivity index (χ0n) is 18.2. The first-order valence-electron chi connectivity index (χ1n) is 10.1. The van der Waals surface area contributed by atoms with E-state index in [2.05, 4.69) is 9.97 Å². The van der Waals surface area contributed by atoms with E-state index in [-0.39, 0.29) is 23.3 Å². The van der Waals surface area contributed by atoms with Crippen molar-refractivity contribution >= 4 is 21.7 Å². The van der Waals surface area contributed by atoms with Crippen molar-refractivity contribution in [2.45, 2.75) is 37.1 Å². The predicted octanol–water partition coefficient (Wildman–Crippen LogP) is 2.23. The molecule has 1 aromatic heterocycles. The van der Waals surface area contributed by atoms with Crippen LogP contribution in [0.1, 0.15) is 37.2 Å². The highest BCUT2D eigenvalue weighted by molar-refractivity contribution is 7.89. The van der Waals surface area contributed by atoms with E-state index in [4.69, 9.17) is 0 Å². The SMILES string of the molecule is CC(=O)N1CCC[C@@H](c2nc(CN(C)S(=O)(=O)c3ccc(F)cc3)cc(N(C)C)n2)C1. The molecule has 0 unspecified atom stereocenters. The minimum absolute atomic E-state index is 0.00434. The minimum Gasteiger partial charge on any atom is -0.363 e. The number of sulfonamides is 1. The van der Waals surface area contributed by atoms with Crippen molar-refractivity contribution in [3.05, 3.63) is 47.7 Å². The maximum absolute atomic E-state index is 13.2. The molecule has 8 nitrogen and oxygen atoms in total. The number of benzene rings is 1. The van der Waals surface area contributed by atoms with Crippen LogP contribution in [-0.4, -0.2) is 67.7 Å². The van der Waals surface area contributed by atoms with Gasteiger partial charge in [0.25, 0.3) is 0 Å². The van der Waals surface area contributed by atoms with Gasteiger partial charge >= 0.3 is 0 Å². The molecule has 0 radical (unpaired) electrons. The lowest BCUT2D eigenvalue weighted by molar-refractivity contribution is -0.130. The number of piperidine rings is 1. The predicted molar refractivity (Wildman–Crippen MR) is 116 cm³/mol. The van der Waals surface area contributed by atoms with E-state index in [0.29, 0.717) is 23.9 Å². The minimum atomic E-state index is -3.80. The number of hydrogen-bond donors (Lipinski definition) is 0. The average Bonchev–Trinajstić information content (AvgIpc) is 2.73. The summed E-state index contributed by atoms with van der Waals surface area (Å²) in [5, 5.41) is 0. The second kappa shape index (κ2) is 9.27. The van der Waals surface area contributed by atoms with Gasteiger partial charge in [0.1, 0.15) is 17.5 Å². The summed E-state index contributed by atoms with van der Waals surface area (Å²) < 4.78 is 40.1. The van der Waals surface area contributed by atoms with Crippen LogP contribution in [0.5, 0.6) is 0 Å². The van der Waals surface area contributed by atoms with E-state index in [0.717, 1.165) is 31.5 Å². The highest BCUT2D eigenvalue weighted by Crippen LogP contribution is 2.27. The summed E-state index contributed by atoms with van der Waals surface area (Å²) in [4.78, 5) is 24.8. The molecule has 0 saturated carbocycles. The van der Waals surface area contributed by atoms with Crippen LogP contribution in [0.4, 0.5) is 10.2 Å². The largest absolute Gasteiger partial charge is 0.363 e. The average molecular weight is 450 g/mol. The smallest absolute Gasteiger partial charge is 0.243 e. The Kier molecular flexibility index (Phi) is 6.90. The van der Waals surface area contributed by atoms with Gasteiger partial charge in [-0.2, -0.15) is 4.31 Å². The lowest BCUT2D eigenvalue weighted by Gasteiger charge is -2.31. The zero-order valence-corrected chi connectivity index (χ0v) is 19.1. The molecule has 1 aliphatic rings. The Balaban J connectivity index is 1.88. The molecule has 0 bridgehead atoms. The molecule has 3 rings (SSSR count). The Bertz CT molecular complexity index is 1040. The number of nitrogens with zero attached hydrogens (tertiary/aromatic N) is 5. The molecular weight excluding hydrogens is 421 g/mol. The molecule has 0 N–H and O–H groups in total. The molecule has 2 heterocycles. The van der Waals surface area contributed by atoms with Gasteiger partial charge in [-0.05, 0) is 37.1 Å². The Hall–Kier alpha value is -2.59. The Morgan fingerprint density at radius 1 is 1.19 bits per heavy atom. The summed E-state index contributed by atoms with van der Waals surface area (Å²) in [6.07, 6.45) is 1.73. The number of halogens is 1. The molecule has 2 aromatic rings. The molecule has 1 fully saturated rings. The number of carbonyl (C=O) groups excluding carboxylic acids is 1. The second-order valence-corrected chi connectivity index (χ2v) is 10.0. The van der Waals surface area contributed by atoms with Gasteiger partial charge in [0, 0.05) is 53.1 Å². The van der Waals surface area contributed by atoms with Crippen molar-refractivity contribution in [3.8, 4) is 0 Å². The molecule has 1 aliphatic heterocycles. The van der Waals surface area contributed by atoms with Gasteiger partial charge in [-0.15, -0.1) is 0 Å². The van der Waals surface area contributed by atoms with E-state index in [1.54, 1.807) is 17.9 Å². The van der Waals surface area contributed by atoms with Crippen molar-refractivity contribution in [2.75, 3.05) is 39.1 Å². The first kappa shape index (κ1) is 23.1. The van der Waals surface area contributed by atoms with Crippen molar-refractivity contribution in [1.82, 2.24) is 19.2 Å². The second-order valence-electron chi connectivity index (χ2n) is 7.99. The molecular formula is C21H28FN5O3S. The van der Waals surface area contributed by atoms with E-state index < -0.39 is 15.8 Å². The first-order chi connectivity index (χ1) is 14.6. The van der Waals surface area contributed by atoms with Crippen LogP contribution in [0.15, 0.2) is 35.2 Å². The van der Waals surface area contributed by atoms with Gasteiger partial charge < -0.3 is 9.80 Å². The van der Waals surface area contributed by atoms with Gasteiger partial charge in [-0.3, -0.25) is 4.79 Å². The number of likely N-dealkylation sites (tertiary alicyclic amines) is 1. The molecule has 1 aromatic carbocycles. The third kappa shape index (κ3) is 5.37. The van der Waals surface area contributed by atoms with Crippen LogP contribution < -0.4 is 4.90 Å². The fourth-order valence-electron chi connectivity index (χ4n) is 3.57. The van der Waals surface area contributed by atoms with Gasteiger partial charge in [0.05, 0.1) is 17.1 Å².